The van der Waals surface area contributed by atoms with E-state index >= 15 is 0 Å². The number of rotatable bonds is 3. The summed E-state index contributed by atoms with van der Waals surface area (Å²) >= 11 is 0. The second-order valence-electron chi connectivity index (χ2n) is 6.61. The van der Waals surface area contributed by atoms with Gasteiger partial charge in [-0.25, -0.2) is 0 Å². The predicted molar refractivity (Wildman–Crippen MR) is 97.6 cm³/mol. The Kier molecular flexibility index (Phi) is 6.99. The van der Waals surface area contributed by atoms with Gasteiger partial charge in [-0.05, 0) is 38.5 Å². The number of ketones is 2. The minimum absolute atomic E-state index is 0.0493. The number of carbonyl (C=O) groups is 3. The minimum atomic E-state index is -0.784. The van der Waals surface area contributed by atoms with E-state index in [2.05, 4.69) is 0 Å². The van der Waals surface area contributed by atoms with Gasteiger partial charge in [-0.3, -0.25) is 14.4 Å². The number of hydrogen-bond donors (Lipinski definition) is 1. The molecule has 0 saturated carbocycles. The van der Waals surface area contributed by atoms with Crippen molar-refractivity contribution < 1.29 is 19.1 Å². The summed E-state index contributed by atoms with van der Waals surface area (Å²) < 4.78 is 4.92. The molecule has 6 nitrogen and oxygen atoms in total. The Morgan fingerprint density at radius 3 is 2.31 bits per heavy atom. The molecule has 2 rings (SSSR count). The van der Waals surface area contributed by atoms with Crippen molar-refractivity contribution in [3.63, 3.8) is 0 Å². The van der Waals surface area contributed by atoms with Crippen LogP contribution < -0.4 is 5.73 Å². The fourth-order valence-electron chi connectivity index (χ4n) is 2.38. The molecule has 0 heterocycles. The molecule has 138 valence electrons. The van der Waals surface area contributed by atoms with Gasteiger partial charge in [0.2, 0.25) is 0 Å². The number of hydrogen-bond acceptors (Lipinski definition) is 6. The number of esters is 1. The van der Waals surface area contributed by atoms with Crippen molar-refractivity contribution in [2.75, 3.05) is 13.2 Å². The van der Waals surface area contributed by atoms with Crippen molar-refractivity contribution in [2.45, 2.75) is 27.7 Å². The standard InChI is InChI=1S/C11H14O3.C9H10N2O/c1-4-14-10(13)11(3)6-5-9(12)8(2)7-11;1-9(6-11)3-2-8(12)7(4-9)5-10/h5-7H,4H2,1-3H3;2-4H,6,11H2,1H3. The zero-order valence-electron chi connectivity index (χ0n) is 15.5. The van der Waals surface area contributed by atoms with Gasteiger partial charge in [0.25, 0.3) is 0 Å². The third kappa shape index (κ3) is 5.11. The fraction of sp³-hybridized carbons (Fsp3) is 0.400. The van der Waals surface area contributed by atoms with E-state index in [4.69, 9.17) is 15.7 Å². The summed E-state index contributed by atoms with van der Waals surface area (Å²) in [6.45, 7) is 7.83. The molecule has 0 aromatic heterocycles. The molecule has 2 atom stereocenters. The Morgan fingerprint density at radius 1 is 1.19 bits per heavy atom. The van der Waals surface area contributed by atoms with Crippen LogP contribution in [0.3, 0.4) is 0 Å². The number of nitriles is 1. The highest BCUT2D eigenvalue weighted by molar-refractivity contribution is 6.08. The van der Waals surface area contributed by atoms with E-state index < -0.39 is 5.41 Å². The third-order valence-electron chi connectivity index (χ3n) is 4.12. The highest BCUT2D eigenvalue weighted by Crippen LogP contribution is 2.28. The summed E-state index contributed by atoms with van der Waals surface area (Å²) in [5, 5.41) is 8.58. The van der Waals surface area contributed by atoms with Crippen LogP contribution in [-0.2, 0) is 19.1 Å². The first-order valence-corrected chi connectivity index (χ1v) is 8.27. The summed E-state index contributed by atoms with van der Waals surface area (Å²) in [7, 11) is 0. The van der Waals surface area contributed by atoms with Crippen molar-refractivity contribution in [1.29, 1.82) is 5.26 Å². The van der Waals surface area contributed by atoms with Crippen molar-refractivity contribution in [3.8, 4) is 6.07 Å². The van der Waals surface area contributed by atoms with Gasteiger partial charge in [-0.1, -0.05) is 31.2 Å². The molecule has 26 heavy (non-hydrogen) atoms. The quantitative estimate of drug-likeness (QED) is 0.776. The molecule has 0 saturated heterocycles. The second kappa shape index (κ2) is 8.54. The molecule has 6 heteroatoms. The molecule has 2 aliphatic carbocycles. The van der Waals surface area contributed by atoms with Crippen molar-refractivity contribution in [2.24, 2.45) is 16.6 Å². The molecule has 2 N–H and O–H groups in total. The van der Waals surface area contributed by atoms with Crippen LogP contribution in [-0.4, -0.2) is 30.7 Å². The largest absolute Gasteiger partial charge is 0.465 e. The summed E-state index contributed by atoms with van der Waals surface area (Å²) in [5.41, 5.74) is 5.14. The first-order chi connectivity index (χ1) is 12.1. The van der Waals surface area contributed by atoms with Crippen LogP contribution in [0.4, 0.5) is 0 Å². The van der Waals surface area contributed by atoms with Crippen LogP contribution in [0.5, 0.6) is 0 Å². The third-order valence-corrected chi connectivity index (χ3v) is 4.12. The number of carbonyl (C=O) groups excluding carboxylic acids is 3. The maximum Gasteiger partial charge on any atom is 0.319 e. The zero-order valence-corrected chi connectivity index (χ0v) is 15.5. The lowest BCUT2D eigenvalue weighted by Gasteiger charge is -2.22. The van der Waals surface area contributed by atoms with Crippen LogP contribution in [0.25, 0.3) is 0 Å². The monoisotopic (exact) mass is 356 g/mol. The SMILES string of the molecule is CC1(CN)C=CC(=O)C(C#N)=C1.CCOC(=O)C1(C)C=CC(=O)C(C)=C1. The predicted octanol–water partition coefficient (Wildman–Crippen LogP) is 2.18. The Hall–Kier alpha value is -2.78. The van der Waals surface area contributed by atoms with Gasteiger partial charge in [0.05, 0.1) is 12.2 Å². The molecule has 2 aliphatic rings. The van der Waals surface area contributed by atoms with Crippen LogP contribution in [0.1, 0.15) is 27.7 Å². The van der Waals surface area contributed by atoms with Crippen LogP contribution in [0, 0.1) is 22.2 Å². The molecule has 0 radical (unpaired) electrons. The van der Waals surface area contributed by atoms with E-state index in [-0.39, 0.29) is 28.5 Å². The first kappa shape index (κ1) is 21.3. The summed E-state index contributed by atoms with van der Waals surface area (Å²) in [6.07, 6.45) is 9.41. The van der Waals surface area contributed by atoms with Gasteiger partial charge in [-0.15, -0.1) is 0 Å². The lowest BCUT2D eigenvalue weighted by molar-refractivity contribution is -0.149. The zero-order chi connectivity index (χ0) is 20.0. The van der Waals surface area contributed by atoms with Crippen molar-refractivity contribution >= 4 is 17.5 Å². The maximum atomic E-state index is 11.5. The van der Waals surface area contributed by atoms with Crippen LogP contribution >= 0.6 is 0 Å². The number of allylic oxidation sites excluding steroid dienone is 4. The van der Waals surface area contributed by atoms with E-state index in [1.807, 2.05) is 13.0 Å². The Bertz CT molecular complexity index is 767. The molecule has 2 unspecified atom stereocenters. The van der Waals surface area contributed by atoms with Crippen LogP contribution in [0.15, 0.2) is 47.6 Å². The summed E-state index contributed by atoms with van der Waals surface area (Å²) in [4.78, 5) is 33.7. The highest BCUT2D eigenvalue weighted by Gasteiger charge is 2.32. The molecule has 0 amide bonds. The number of nitrogens with two attached hydrogens (primary N) is 1. The summed E-state index contributed by atoms with van der Waals surface area (Å²) in [6, 6.07) is 1.85. The molecule has 0 aliphatic heterocycles. The molecule has 0 fully saturated rings. The maximum absolute atomic E-state index is 11.5. The van der Waals surface area contributed by atoms with Gasteiger partial charge < -0.3 is 10.5 Å². The molecule has 0 aromatic rings. The molecule has 0 spiro atoms. The number of ether oxygens (including phenoxy) is 1. The first-order valence-electron chi connectivity index (χ1n) is 8.27. The van der Waals surface area contributed by atoms with E-state index in [9.17, 15) is 14.4 Å². The van der Waals surface area contributed by atoms with E-state index in [0.717, 1.165) is 0 Å². The smallest absolute Gasteiger partial charge is 0.319 e. The topological polar surface area (TPSA) is 110 Å². The van der Waals surface area contributed by atoms with Gasteiger partial charge in [0.1, 0.15) is 11.5 Å². The van der Waals surface area contributed by atoms with E-state index in [0.29, 0.717) is 18.7 Å². The fourth-order valence-corrected chi connectivity index (χ4v) is 2.38. The lowest BCUT2D eigenvalue weighted by atomic mass is 9.83. The van der Waals surface area contributed by atoms with Crippen molar-refractivity contribution in [3.05, 3.63) is 47.6 Å². The van der Waals surface area contributed by atoms with Crippen LogP contribution in [0.2, 0.25) is 0 Å². The highest BCUT2D eigenvalue weighted by atomic mass is 16.5. The Labute approximate surface area is 153 Å². The normalized spacial score (nSPS) is 26.9. The lowest BCUT2D eigenvalue weighted by Crippen LogP contribution is -2.28. The van der Waals surface area contributed by atoms with E-state index in [1.165, 1.54) is 12.2 Å². The average molecular weight is 356 g/mol. The number of nitrogens with zero attached hydrogens (tertiary/aromatic N) is 1. The second-order valence-corrected chi connectivity index (χ2v) is 6.61. The van der Waals surface area contributed by atoms with Gasteiger partial charge >= 0.3 is 5.97 Å². The van der Waals surface area contributed by atoms with Crippen molar-refractivity contribution in [1.82, 2.24) is 0 Å². The van der Waals surface area contributed by atoms with E-state index in [1.54, 1.807) is 45.1 Å². The van der Waals surface area contributed by atoms with Gasteiger partial charge in [0.15, 0.2) is 11.6 Å². The van der Waals surface area contributed by atoms with Gasteiger partial charge in [-0.2, -0.15) is 5.26 Å². The molecular formula is C20H24N2O4. The Balaban J connectivity index is 0.000000263. The summed E-state index contributed by atoms with van der Waals surface area (Å²) in [5.74, 6) is -0.599. The average Bonchev–Trinajstić information content (AvgIpc) is 2.61. The van der Waals surface area contributed by atoms with Gasteiger partial charge in [0, 0.05) is 12.0 Å². The molecule has 0 aromatic carbocycles. The Morgan fingerprint density at radius 2 is 1.81 bits per heavy atom. The minimum Gasteiger partial charge on any atom is -0.465 e. The molecule has 0 bridgehead atoms. The molecular weight excluding hydrogens is 332 g/mol.